The molecule has 0 radical (unpaired) electrons. The van der Waals surface area contributed by atoms with Gasteiger partial charge in [-0.2, -0.15) is 0 Å². The molecule has 1 aromatic carbocycles. The van der Waals surface area contributed by atoms with Crippen molar-refractivity contribution in [1.29, 1.82) is 0 Å². The zero-order chi connectivity index (χ0) is 26.0. The third kappa shape index (κ3) is 5.98. The molecule has 0 aromatic heterocycles. The van der Waals surface area contributed by atoms with Crippen LogP contribution in [0.1, 0.15) is 68.6 Å². The van der Waals surface area contributed by atoms with E-state index in [0.717, 1.165) is 54.4 Å². The Morgan fingerprint density at radius 3 is 2.57 bits per heavy atom. The number of piperidine rings is 1. The summed E-state index contributed by atoms with van der Waals surface area (Å²) in [7, 11) is -3.40. The zero-order valence-electron chi connectivity index (χ0n) is 22.2. The van der Waals surface area contributed by atoms with Gasteiger partial charge in [-0.3, -0.25) is 14.8 Å². The summed E-state index contributed by atoms with van der Waals surface area (Å²) in [6.07, 6.45) is 8.07. The van der Waals surface area contributed by atoms with Crippen LogP contribution in [0.25, 0.3) is 0 Å². The van der Waals surface area contributed by atoms with Crippen molar-refractivity contribution in [2.75, 3.05) is 31.1 Å². The van der Waals surface area contributed by atoms with E-state index in [1.165, 1.54) is 29.9 Å². The van der Waals surface area contributed by atoms with E-state index in [4.69, 9.17) is 4.99 Å². The smallest absolute Gasteiger partial charge is 0.253 e. The van der Waals surface area contributed by atoms with Crippen molar-refractivity contribution >= 4 is 38.6 Å². The van der Waals surface area contributed by atoms with E-state index in [1.807, 2.05) is 11.8 Å². The number of benzene rings is 1. The quantitative estimate of drug-likeness (QED) is 0.533. The van der Waals surface area contributed by atoms with Gasteiger partial charge in [0.25, 0.3) is 5.91 Å². The Morgan fingerprint density at radius 2 is 1.92 bits per heavy atom. The molecule has 4 aliphatic rings. The summed E-state index contributed by atoms with van der Waals surface area (Å²) in [5.74, 6) is 3.11. The maximum Gasteiger partial charge on any atom is 0.253 e. The third-order valence-electron chi connectivity index (χ3n) is 8.79. The van der Waals surface area contributed by atoms with Crippen LogP contribution in [0.2, 0.25) is 0 Å². The summed E-state index contributed by atoms with van der Waals surface area (Å²) >= 11 is 1.82. The fourth-order valence-electron chi connectivity index (χ4n) is 6.23. The first kappa shape index (κ1) is 26.9. The molecule has 9 heteroatoms. The highest BCUT2D eigenvalue weighted by atomic mass is 32.2. The lowest BCUT2D eigenvalue weighted by molar-refractivity contribution is -0.125. The van der Waals surface area contributed by atoms with Crippen molar-refractivity contribution in [3.63, 3.8) is 0 Å². The van der Waals surface area contributed by atoms with Crippen LogP contribution in [-0.4, -0.2) is 66.2 Å². The van der Waals surface area contributed by atoms with Gasteiger partial charge >= 0.3 is 0 Å². The number of sulfonamides is 1. The van der Waals surface area contributed by atoms with Crippen LogP contribution in [0.5, 0.6) is 0 Å². The molecule has 37 heavy (non-hydrogen) atoms. The van der Waals surface area contributed by atoms with Gasteiger partial charge < -0.3 is 5.32 Å². The van der Waals surface area contributed by atoms with Crippen LogP contribution >= 0.6 is 11.8 Å². The zero-order valence-corrected chi connectivity index (χ0v) is 23.8. The summed E-state index contributed by atoms with van der Waals surface area (Å²) in [4.78, 5) is 22.4. The highest BCUT2D eigenvalue weighted by Crippen LogP contribution is 2.36. The Morgan fingerprint density at radius 1 is 1.16 bits per heavy atom. The van der Waals surface area contributed by atoms with Crippen LogP contribution in [0.15, 0.2) is 28.2 Å². The molecule has 1 N–H and O–H groups in total. The molecule has 1 aromatic rings. The number of hydrogen-bond acceptors (Lipinski definition) is 6. The molecule has 1 spiro atoms. The summed E-state index contributed by atoms with van der Waals surface area (Å²) in [5.41, 5.74) is 2.65. The van der Waals surface area contributed by atoms with E-state index < -0.39 is 15.6 Å². The standard InChI is InChI=1S/C28H40N4O3S2/c1-3-21-4-8-24(9-5-21)26-30-27(33)28(31-26)11-14-32(15-12-28)37(34,35)17-10-23-7-6-22(18-20(23)2)19-25-29-13-16-36-25/h6-7,18,21,24H,3-5,8-17,19H2,1-2H3,(H,30,31,33). The molecule has 7 nitrogen and oxygen atoms in total. The number of nitrogens with one attached hydrogen (secondary N) is 1. The van der Waals surface area contributed by atoms with Gasteiger partial charge in [0.05, 0.1) is 10.8 Å². The van der Waals surface area contributed by atoms with Crippen molar-refractivity contribution in [2.24, 2.45) is 21.8 Å². The summed E-state index contributed by atoms with van der Waals surface area (Å²) in [6.45, 7) is 5.92. The van der Waals surface area contributed by atoms with Crippen molar-refractivity contribution in [3.05, 3.63) is 34.9 Å². The lowest BCUT2D eigenvalue weighted by Crippen LogP contribution is -2.51. The van der Waals surface area contributed by atoms with Crippen molar-refractivity contribution in [2.45, 2.75) is 77.2 Å². The Balaban J connectivity index is 1.16. The number of carbonyl (C=O) groups is 1. The van der Waals surface area contributed by atoms with Gasteiger partial charge in [-0.25, -0.2) is 12.7 Å². The Hall–Kier alpha value is -1.71. The van der Waals surface area contributed by atoms with E-state index >= 15 is 0 Å². The van der Waals surface area contributed by atoms with E-state index in [1.54, 1.807) is 4.31 Å². The number of amides is 1. The van der Waals surface area contributed by atoms with Crippen LogP contribution in [0.4, 0.5) is 0 Å². The van der Waals surface area contributed by atoms with Gasteiger partial charge in [0.1, 0.15) is 11.4 Å². The Kier molecular flexibility index (Phi) is 8.13. The minimum Gasteiger partial charge on any atom is -0.312 e. The normalized spacial score (nSPS) is 26.3. The van der Waals surface area contributed by atoms with E-state index in [9.17, 15) is 13.2 Å². The second-order valence-corrected chi connectivity index (χ2v) is 14.4. The van der Waals surface area contributed by atoms with Gasteiger partial charge in [0.2, 0.25) is 10.0 Å². The number of rotatable bonds is 8. The molecule has 3 aliphatic heterocycles. The number of carbonyl (C=O) groups excluding carboxylic acids is 1. The fraction of sp³-hybridized carbons (Fsp3) is 0.679. The first-order chi connectivity index (χ1) is 17.8. The lowest BCUT2D eigenvalue weighted by atomic mass is 9.80. The van der Waals surface area contributed by atoms with Gasteiger partial charge in [0.15, 0.2) is 0 Å². The van der Waals surface area contributed by atoms with Crippen LogP contribution in [-0.2, 0) is 27.7 Å². The van der Waals surface area contributed by atoms with Crippen molar-refractivity contribution in [1.82, 2.24) is 9.62 Å². The predicted octanol–water partition coefficient (Wildman–Crippen LogP) is 4.13. The molecule has 2 fully saturated rings. The summed E-state index contributed by atoms with van der Waals surface area (Å²) in [5, 5.41) is 4.27. The average molecular weight is 545 g/mol. The molecule has 0 bridgehead atoms. The highest BCUT2D eigenvalue weighted by Gasteiger charge is 2.48. The molecule has 1 amide bonds. The number of aryl methyl sites for hydroxylation is 2. The molecule has 3 heterocycles. The van der Waals surface area contributed by atoms with E-state index in [-0.39, 0.29) is 11.7 Å². The van der Waals surface area contributed by atoms with E-state index in [2.05, 4.69) is 42.4 Å². The Bertz CT molecular complexity index is 1180. The number of amidine groups is 1. The molecule has 1 aliphatic carbocycles. The van der Waals surface area contributed by atoms with Gasteiger partial charge in [-0.15, -0.1) is 11.8 Å². The molecule has 0 unspecified atom stereocenters. The van der Waals surface area contributed by atoms with Crippen LogP contribution in [0.3, 0.4) is 0 Å². The number of thioether (sulfide) groups is 1. The van der Waals surface area contributed by atoms with Gasteiger partial charge in [-0.05, 0) is 74.5 Å². The highest BCUT2D eigenvalue weighted by molar-refractivity contribution is 8.14. The number of aliphatic imine (C=N–C) groups is 2. The molecule has 0 atom stereocenters. The predicted molar refractivity (Wildman–Crippen MR) is 152 cm³/mol. The molecular weight excluding hydrogens is 504 g/mol. The molecule has 202 valence electrons. The topological polar surface area (TPSA) is 91.2 Å². The second-order valence-electron chi connectivity index (χ2n) is 11.1. The van der Waals surface area contributed by atoms with Crippen molar-refractivity contribution in [3.8, 4) is 0 Å². The van der Waals surface area contributed by atoms with Crippen LogP contribution in [0, 0.1) is 18.8 Å². The monoisotopic (exact) mass is 544 g/mol. The minimum absolute atomic E-state index is 0.0326. The first-order valence-corrected chi connectivity index (χ1v) is 16.5. The molecule has 1 saturated heterocycles. The van der Waals surface area contributed by atoms with Crippen molar-refractivity contribution < 1.29 is 13.2 Å². The maximum atomic E-state index is 13.2. The van der Waals surface area contributed by atoms with E-state index in [0.29, 0.717) is 38.3 Å². The molecule has 1 saturated carbocycles. The largest absolute Gasteiger partial charge is 0.312 e. The van der Waals surface area contributed by atoms with Gasteiger partial charge in [0, 0.05) is 37.7 Å². The maximum absolute atomic E-state index is 13.2. The SMILES string of the molecule is CCC1CCC(C2=NC3(CCN(S(=O)(=O)CCc4ccc(CC5=NCCS5)cc4C)CC3)C(=O)N2)CC1. The summed E-state index contributed by atoms with van der Waals surface area (Å²) in [6, 6.07) is 6.33. The van der Waals surface area contributed by atoms with Crippen LogP contribution < -0.4 is 5.32 Å². The van der Waals surface area contributed by atoms with Gasteiger partial charge in [-0.1, -0.05) is 31.5 Å². The second kappa shape index (κ2) is 11.2. The Labute approximate surface area is 226 Å². The first-order valence-electron chi connectivity index (χ1n) is 13.9. The third-order valence-corrected chi connectivity index (χ3v) is 11.7. The number of hydrogen-bond donors (Lipinski definition) is 1. The molecule has 5 rings (SSSR count). The molecular formula is C28H40N4O3S2. The average Bonchev–Trinajstić information content (AvgIpc) is 3.52. The lowest BCUT2D eigenvalue weighted by Gasteiger charge is -2.34. The minimum atomic E-state index is -3.40. The fourth-order valence-corrected chi connectivity index (χ4v) is 8.57. The number of nitrogens with zero attached hydrogens (tertiary/aromatic N) is 3. The summed E-state index contributed by atoms with van der Waals surface area (Å²) < 4.78 is 28.0.